The minimum Gasteiger partial charge on any atom is -0.332 e. The van der Waals surface area contributed by atoms with Gasteiger partial charge in [0.25, 0.3) is 5.91 Å². The predicted molar refractivity (Wildman–Crippen MR) is 134 cm³/mol. The number of benzene rings is 1. The van der Waals surface area contributed by atoms with Gasteiger partial charge in [-0.15, -0.1) is 0 Å². The number of amides is 1. The molecule has 4 aromatic rings. The lowest BCUT2D eigenvalue weighted by Gasteiger charge is -2.19. The first-order valence-electron chi connectivity index (χ1n) is 9.89. The molecule has 0 spiro atoms. The molecule has 0 saturated carbocycles. The number of fused-ring (bicyclic) bond motifs is 1. The minimum absolute atomic E-state index is 0.147. The van der Waals surface area contributed by atoms with Crippen LogP contribution < -0.4 is 27.2 Å². The quantitative estimate of drug-likeness (QED) is 0.371. The Morgan fingerprint density at radius 1 is 1.03 bits per heavy atom. The minimum atomic E-state index is -0.147. The van der Waals surface area contributed by atoms with Crippen LogP contribution in [0.25, 0.3) is 22.3 Å². The number of aryl methyl sites for hydroxylation is 1. The third-order valence-electron chi connectivity index (χ3n) is 6.12. The van der Waals surface area contributed by atoms with Crippen LogP contribution in [0, 0.1) is 6.92 Å². The Hall–Kier alpha value is -3.28. The number of rotatable bonds is 3. The van der Waals surface area contributed by atoms with E-state index in [1.165, 1.54) is 5.56 Å². The van der Waals surface area contributed by atoms with Gasteiger partial charge in [-0.1, -0.05) is 27.4 Å². The second kappa shape index (κ2) is 7.52. The molecule has 0 fully saturated rings. The fourth-order valence-electron chi connectivity index (χ4n) is 3.85. The molecule has 0 atom stereocenters. The molecule has 0 unspecified atom stereocenters. The van der Waals surface area contributed by atoms with Crippen molar-refractivity contribution in [1.82, 2.24) is 19.5 Å². The van der Waals surface area contributed by atoms with E-state index in [0.717, 1.165) is 44.1 Å². The molecule has 30 heavy (non-hydrogen) atoms. The van der Waals surface area contributed by atoms with Gasteiger partial charge in [0.2, 0.25) is 0 Å². The summed E-state index contributed by atoms with van der Waals surface area (Å²) < 4.78 is 1.92. The standard InChI is InChI=1S/C20H21B4N5O/c1-9-16(21)18(23)15(19(24)17(9)22)20(30)28-14-5-12-10(6-26-14)3-4-11(27-12)13-7-25-8-29(13)2/h3-8H,21-24H2,1-2H3,(H,26,28,30). The molecule has 10 heteroatoms. The summed E-state index contributed by atoms with van der Waals surface area (Å²) in [6.45, 7) is 2.10. The van der Waals surface area contributed by atoms with Gasteiger partial charge in [-0.2, -0.15) is 0 Å². The Balaban J connectivity index is 1.71. The summed E-state index contributed by atoms with van der Waals surface area (Å²) >= 11 is 0. The number of nitrogens with one attached hydrogen (secondary N) is 1. The van der Waals surface area contributed by atoms with Crippen LogP contribution in [0.15, 0.2) is 36.9 Å². The van der Waals surface area contributed by atoms with Crippen LogP contribution in [0.4, 0.5) is 5.82 Å². The largest absolute Gasteiger partial charge is 0.332 e. The van der Waals surface area contributed by atoms with Gasteiger partial charge in [0.05, 0.1) is 29.4 Å². The fraction of sp³-hybridized carbons (Fsp3) is 0.100. The molecule has 6 nitrogen and oxygen atoms in total. The molecule has 1 N–H and O–H groups in total. The van der Waals surface area contributed by atoms with Gasteiger partial charge in [-0.3, -0.25) is 4.79 Å². The molecular weight excluding hydrogens is 370 g/mol. The zero-order valence-electron chi connectivity index (χ0n) is 18.2. The highest BCUT2D eigenvalue weighted by atomic mass is 16.1. The molecule has 3 aromatic heterocycles. The molecule has 0 aliphatic rings. The molecular formula is C20H21B4N5O. The number of carbonyl (C=O) groups is 1. The number of anilines is 1. The Bertz CT molecular complexity index is 1290. The monoisotopic (exact) mass is 391 g/mol. The van der Waals surface area contributed by atoms with Crippen molar-refractivity contribution < 1.29 is 4.79 Å². The fourth-order valence-corrected chi connectivity index (χ4v) is 3.85. The molecule has 0 bridgehead atoms. The maximum Gasteiger partial charge on any atom is 0.255 e. The molecule has 144 valence electrons. The second-order valence-electron chi connectivity index (χ2n) is 7.80. The lowest BCUT2D eigenvalue weighted by molar-refractivity contribution is 0.102. The van der Waals surface area contributed by atoms with Gasteiger partial charge < -0.3 is 9.88 Å². The summed E-state index contributed by atoms with van der Waals surface area (Å²) in [6.07, 6.45) is 5.26. The Kier molecular flexibility index (Phi) is 5.02. The van der Waals surface area contributed by atoms with E-state index in [2.05, 4.69) is 37.9 Å². The number of hydrogen-bond acceptors (Lipinski definition) is 4. The van der Waals surface area contributed by atoms with Gasteiger partial charge in [-0.25, -0.2) is 15.0 Å². The lowest BCUT2D eigenvalue weighted by atomic mass is 9.64. The Labute approximate surface area is 179 Å². The van der Waals surface area contributed by atoms with Crippen molar-refractivity contribution in [1.29, 1.82) is 0 Å². The third-order valence-corrected chi connectivity index (χ3v) is 6.12. The van der Waals surface area contributed by atoms with Crippen molar-refractivity contribution in [2.24, 2.45) is 7.05 Å². The van der Waals surface area contributed by atoms with Crippen LogP contribution in [0.1, 0.15) is 15.9 Å². The van der Waals surface area contributed by atoms with E-state index in [4.69, 9.17) is 4.98 Å². The van der Waals surface area contributed by atoms with E-state index in [1.54, 1.807) is 18.7 Å². The van der Waals surface area contributed by atoms with E-state index >= 15 is 0 Å². The number of carbonyl (C=O) groups excluding carboxylic acids is 1. The van der Waals surface area contributed by atoms with E-state index in [0.29, 0.717) is 11.4 Å². The first-order chi connectivity index (χ1) is 14.3. The topological polar surface area (TPSA) is 72.7 Å². The molecule has 0 aliphatic carbocycles. The van der Waals surface area contributed by atoms with E-state index in [-0.39, 0.29) is 5.91 Å². The average molecular weight is 391 g/mol. The lowest BCUT2D eigenvalue weighted by Crippen LogP contribution is -2.49. The van der Waals surface area contributed by atoms with Crippen LogP contribution in [-0.4, -0.2) is 56.8 Å². The first-order valence-corrected chi connectivity index (χ1v) is 9.89. The zero-order chi connectivity index (χ0) is 21.6. The summed E-state index contributed by atoms with van der Waals surface area (Å²) in [4.78, 5) is 26.4. The van der Waals surface area contributed by atoms with Gasteiger partial charge in [0.1, 0.15) is 37.2 Å². The smallest absolute Gasteiger partial charge is 0.255 e. The maximum atomic E-state index is 13.1. The highest BCUT2D eigenvalue weighted by Gasteiger charge is 2.18. The normalized spacial score (nSPS) is 11.0. The molecule has 1 aromatic carbocycles. The molecule has 1 amide bonds. The van der Waals surface area contributed by atoms with Gasteiger partial charge >= 0.3 is 0 Å². The molecule has 0 saturated heterocycles. The van der Waals surface area contributed by atoms with Gasteiger partial charge in [-0.05, 0) is 19.1 Å². The Morgan fingerprint density at radius 3 is 2.37 bits per heavy atom. The first kappa shape index (κ1) is 20.0. The molecule has 0 radical (unpaired) electrons. The van der Waals surface area contributed by atoms with Gasteiger partial charge in [0, 0.05) is 30.3 Å². The number of pyridine rings is 2. The summed E-state index contributed by atoms with van der Waals surface area (Å²) in [5, 5.41) is 3.87. The third kappa shape index (κ3) is 3.32. The van der Waals surface area contributed by atoms with E-state index < -0.39 is 0 Å². The second-order valence-corrected chi connectivity index (χ2v) is 7.80. The van der Waals surface area contributed by atoms with E-state index in [1.807, 2.05) is 45.5 Å². The number of aromatic nitrogens is 4. The van der Waals surface area contributed by atoms with Crippen molar-refractivity contribution in [3.63, 3.8) is 0 Å². The predicted octanol–water partition coefficient (Wildman–Crippen LogP) is -3.38. The summed E-state index contributed by atoms with van der Waals surface area (Å²) in [6, 6.07) is 5.74. The van der Waals surface area contributed by atoms with Crippen LogP contribution in [-0.2, 0) is 7.05 Å². The maximum absolute atomic E-state index is 13.1. The van der Waals surface area contributed by atoms with Crippen molar-refractivity contribution in [3.05, 3.63) is 48.0 Å². The highest BCUT2D eigenvalue weighted by Crippen LogP contribution is 2.21. The number of nitrogens with zero attached hydrogens (tertiary/aromatic N) is 4. The number of hydrogen-bond donors (Lipinski definition) is 1. The molecule has 0 aliphatic heterocycles. The van der Waals surface area contributed by atoms with Crippen LogP contribution in [0.3, 0.4) is 0 Å². The summed E-state index contributed by atoms with van der Waals surface area (Å²) in [5.41, 5.74) is 8.78. The van der Waals surface area contributed by atoms with Crippen molar-refractivity contribution in [3.8, 4) is 11.4 Å². The van der Waals surface area contributed by atoms with Crippen molar-refractivity contribution in [2.45, 2.75) is 6.92 Å². The summed E-state index contributed by atoms with van der Waals surface area (Å²) in [5.74, 6) is 0.336. The van der Waals surface area contributed by atoms with Gasteiger partial charge in [0.15, 0.2) is 0 Å². The zero-order valence-corrected chi connectivity index (χ0v) is 18.2. The van der Waals surface area contributed by atoms with Crippen molar-refractivity contribution in [2.75, 3.05) is 5.32 Å². The Morgan fingerprint density at radius 2 is 1.73 bits per heavy atom. The average Bonchev–Trinajstić information content (AvgIpc) is 3.16. The van der Waals surface area contributed by atoms with Crippen molar-refractivity contribution >= 4 is 75.9 Å². The SMILES string of the molecule is Bc1c(B)c(C(=O)Nc2cc3nc(-c4cncn4C)ccc3cn2)c(B)c(B)c1C. The molecule has 3 heterocycles. The van der Waals surface area contributed by atoms with Crippen LogP contribution in [0.5, 0.6) is 0 Å². The molecule has 4 rings (SSSR count). The highest BCUT2D eigenvalue weighted by molar-refractivity contribution is 6.60. The summed E-state index contributed by atoms with van der Waals surface area (Å²) in [7, 11) is 10.1. The van der Waals surface area contributed by atoms with Crippen LogP contribution in [0.2, 0.25) is 0 Å². The van der Waals surface area contributed by atoms with E-state index in [9.17, 15) is 4.79 Å². The van der Waals surface area contributed by atoms with Crippen LogP contribution >= 0.6 is 0 Å². The number of imidazole rings is 1.